The highest BCUT2D eigenvalue weighted by atomic mass is 16.5. The predicted octanol–water partition coefficient (Wildman–Crippen LogP) is 2.80. The molecule has 13 heavy (non-hydrogen) atoms. The third-order valence-corrected chi connectivity index (χ3v) is 2.57. The first kappa shape index (κ1) is 11.0. The first-order valence-electron chi connectivity index (χ1n) is 5.62. The van der Waals surface area contributed by atoms with E-state index in [1.807, 2.05) is 0 Å². The predicted molar refractivity (Wildman–Crippen MR) is 55.2 cm³/mol. The average molecular weight is 184 g/mol. The van der Waals surface area contributed by atoms with Gasteiger partial charge in [0.15, 0.2) is 6.23 Å². The minimum atomic E-state index is 0.929. The van der Waals surface area contributed by atoms with Crippen molar-refractivity contribution in [3.63, 3.8) is 0 Å². The summed E-state index contributed by atoms with van der Waals surface area (Å²) in [6, 6.07) is 0. The van der Waals surface area contributed by atoms with E-state index in [2.05, 4.69) is 18.7 Å². The SMILES string of the molecule is CCCCN(CC)[C]1CCCCO1. The summed E-state index contributed by atoms with van der Waals surface area (Å²) in [5, 5.41) is 0. The van der Waals surface area contributed by atoms with Gasteiger partial charge >= 0.3 is 0 Å². The average Bonchev–Trinajstić information content (AvgIpc) is 2.21. The third-order valence-electron chi connectivity index (χ3n) is 2.57. The van der Waals surface area contributed by atoms with Crippen LogP contribution in [0, 0.1) is 6.23 Å². The van der Waals surface area contributed by atoms with Crippen LogP contribution in [0.1, 0.15) is 46.0 Å². The normalized spacial score (nSPS) is 19.6. The van der Waals surface area contributed by atoms with Crippen molar-refractivity contribution in [2.45, 2.75) is 46.0 Å². The van der Waals surface area contributed by atoms with Crippen molar-refractivity contribution in [3.8, 4) is 0 Å². The number of ether oxygens (including phenoxy) is 1. The first-order valence-corrected chi connectivity index (χ1v) is 5.62. The molecule has 1 aliphatic rings. The van der Waals surface area contributed by atoms with E-state index in [-0.39, 0.29) is 0 Å². The standard InChI is InChI=1S/C11H22NO/c1-3-5-9-12(4-2)11-8-6-7-10-13-11/h3-10H2,1-2H3. The largest absolute Gasteiger partial charge is 0.356 e. The molecule has 0 aliphatic carbocycles. The van der Waals surface area contributed by atoms with Crippen molar-refractivity contribution in [2.24, 2.45) is 0 Å². The molecule has 1 radical (unpaired) electrons. The monoisotopic (exact) mass is 184 g/mol. The van der Waals surface area contributed by atoms with E-state index >= 15 is 0 Å². The van der Waals surface area contributed by atoms with Crippen LogP contribution in [0.25, 0.3) is 0 Å². The second-order valence-electron chi connectivity index (χ2n) is 3.63. The van der Waals surface area contributed by atoms with Crippen LogP contribution in [0.2, 0.25) is 0 Å². The summed E-state index contributed by atoms with van der Waals surface area (Å²) in [6.45, 7) is 7.64. The number of rotatable bonds is 5. The van der Waals surface area contributed by atoms with Crippen molar-refractivity contribution in [3.05, 3.63) is 6.23 Å². The van der Waals surface area contributed by atoms with E-state index in [9.17, 15) is 0 Å². The zero-order valence-electron chi connectivity index (χ0n) is 9.01. The molecule has 0 atom stereocenters. The summed E-state index contributed by atoms with van der Waals surface area (Å²) in [7, 11) is 0. The van der Waals surface area contributed by atoms with Crippen LogP contribution in [0.4, 0.5) is 0 Å². The van der Waals surface area contributed by atoms with Crippen LogP contribution in [0.3, 0.4) is 0 Å². The van der Waals surface area contributed by atoms with Gasteiger partial charge in [-0.15, -0.1) is 0 Å². The second kappa shape index (κ2) is 6.39. The molecular weight excluding hydrogens is 162 g/mol. The molecule has 0 aromatic carbocycles. The molecule has 1 rings (SSSR count). The lowest BCUT2D eigenvalue weighted by Gasteiger charge is -2.31. The molecule has 2 nitrogen and oxygen atoms in total. The molecule has 0 N–H and O–H groups in total. The molecule has 0 unspecified atom stereocenters. The van der Waals surface area contributed by atoms with Gasteiger partial charge in [-0.05, 0) is 32.2 Å². The van der Waals surface area contributed by atoms with Gasteiger partial charge in [0, 0.05) is 13.2 Å². The molecule has 0 spiro atoms. The van der Waals surface area contributed by atoms with Crippen LogP contribution in [-0.4, -0.2) is 24.6 Å². The van der Waals surface area contributed by atoms with E-state index in [0.717, 1.165) is 19.6 Å². The minimum absolute atomic E-state index is 0.929. The van der Waals surface area contributed by atoms with Gasteiger partial charge in [-0.25, -0.2) is 0 Å². The quantitative estimate of drug-likeness (QED) is 0.651. The fraction of sp³-hybridized carbons (Fsp3) is 0.909. The van der Waals surface area contributed by atoms with Gasteiger partial charge in [-0.2, -0.15) is 0 Å². The Labute approximate surface area is 82.3 Å². The maximum Gasteiger partial charge on any atom is 0.164 e. The first-order chi connectivity index (χ1) is 6.38. The Balaban J connectivity index is 2.26. The maximum atomic E-state index is 5.67. The summed E-state index contributed by atoms with van der Waals surface area (Å²) in [5.74, 6) is 0. The van der Waals surface area contributed by atoms with Crippen LogP contribution in [0.15, 0.2) is 0 Å². The second-order valence-corrected chi connectivity index (χ2v) is 3.63. The van der Waals surface area contributed by atoms with Crippen LogP contribution in [-0.2, 0) is 4.74 Å². The van der Waals surface area contributed by atoms with Crippen molar-refractivity contribution in [1.29, 1.82) is 0 Å². The van der Waals surface area contributed by atoms with Gasteiger partial charge < -0.3 is 4.74 Å². The van der Waals surface area contributed by atoms with E-state index in [4.69, 9.17) is 4.74 Å². The van der Waals surface area contributed by atoms with Gasteiger partial charge in [-0.3, -0.25) is 4.90 Å². The van der Waals surface area contributed by atoms with Gasteiger partial charge in [0.1, 0.15) is 0 Å². The summed E-state index contributed by atoms with van der Waals surface area (Å²) in [6.07, 6.45) is 7.47. The van der Waals surface area contributed by atoms with Gasteiger partial charge in [0.25, 0.3) is 0 Å². The van der Waals surface area contributed by atoms with Crippen molar-refractivity contribution in [2.75, 3.05) is 19.7 Å². The number of unbranched alkanes of at least 4 members (excludes halogenated alkanes) is 1. The smallest absolute Gasteiger partial charge is 0.164 e. The molecule has 1 saturated heterocycles. The molecular formula is C11H22NO. The fourth-order valence-corrected chi connectivity index (χ4v) is 1.70. The molecule has 0 aromatic rings. The lowest BCUT2D eigenvalue weighted by atomic mass is 10.1. The Kier molecular flexibility index (Phi) is 5.40. The third kappa shape index (κ3) is 3.65. The molecule has 1 fully saturated rings. The molecule has 0 bridgehead atoms. The molecule has 77 valence electrons. The lowest BCUT2D eigenvalue weighted by molar-refractivity contribution is 0.00548. The fourth-order valence-electron chi connectivity index (χ4n) is 1.70. The Morgan fingerprint density at radius 1 is 1.31 bits per heavy atom. The molecule has 0 aromatic heterocycles. The van der Waals surface area contributed by atoms with Crippen molar-refractivity contribution < 1.29 is 4.74 Å². The highest BCUT2D eigenvalue weighted by Crippen LogP contribution is 2.23. The minimum Gasteiger partial charge on any atom is -0.356 e. The topological polar surface area (TPSA) is 12.5 Å². The molecule has 1 heterocycles. The van der Waals surface area contributed by atoms with Gasteiger partial charge in [0.2, 0.25) is 0 Å². The Hall–Kier alpha value is -0.0800. The summed E-state index contributed by atoms with van der Waals surface area (Å²) >= 11 is 0. The Morgan fingerprint density at radius 3 is 2.69 bits per heavy atom. The van der Waals surface area contributed by atoms with E-state index in [1.165, 1.54) is 38.5 Å². The highest BCUT2D eigenvalue weighted by Gasteiger charge is 2.21. The van der Waals surface area contributed by atoms with Crippen molar-refractivity contribution in [1.82, 2.24) is 4.90 Å². The molecule has 0 saturated carbocycles. The molecule has 0 amide bonds. The number of hydrogen-bond acceptors (Lipinski definition) is 2. The van der Waals surface area contributed by atoms with Crippen LogP contribution in [0.5, 0.6) is 0 Å². The van der Waals surface area contributed by atoms with Gasteiger partial charge in [-0.1, -0.05) is 20.3 Å². The maximum absolute atomic E-state index is 5.67. The van der Waals surface area contributed by atoms with Crippen molar-refractivity contribution >= 4 is 0 Å². The summed E-state index contributed by atoms with van der Waals surface area (Å²) in [4.78, 5) is 2.39. The zero-order valence-corrected chi connectivity index (χ0v) is 9.01. The summed E-state index contributed by atoms with van der Waals surface area (Å²) < 4.78 is 5.67. The van der Waals surface area contributed by atoms with E-state index in [1.54, 1.807) is 0 Å². The number of nitrogens with zero attached hydrogens (tertiary/aromatic N) is 1. The van der Waals surface area contributed by atoms with Crippen LogP contribution >= 0.6 is 0 Å². The van der Waals surface area contributed by atoms with Gasteiger partial charge in [0.05, 0.1) is 0 Å². The zero-order chi connectivity index (χ0) is 9.52. The summed E-state index contributed by atoms with van der Waals surface area (Å²) in [5.41, 5.74) is 0. The lowest BCUT2D eigenvalue weighted by Crippen LogP contribution is -2.33. The highest BCUT2D eigenvalue weighted by molar-refractivity contribution is 4.81. The number of hydrogen-bond donors (Lipinski definition) is 0. The van der Waals surface area contributed by atoms with Crippen LogP contribution < -0.4 is 0 Å². The van der Waals surface area contributed by atoms with E-state index in [0.29, 0.717) is 0 Å². The van der Waals surface area contributed by atoms with E-state index < -0.39 is 0 Å². The molecule has 2 heteroatoms. The Morgan fingerprint density at radius 2 is 2.15 bits per heavy atom. The molecule has 1 aliphatic heterocycles. The Bertz CT molecular complexity index is 121.